The van der Waals surface area contributed by atoms with Crippen molar-refractivity contribution in [1.29, 1.82) is 0 Å². The molecule has 0 aliphatic carbocycles. The van der Waals surface area contributed by atoms with E-state index in [9.17, 15) is 18.0 Å². The van der Waals surface area contributed by atoms with Crippen LogP contribution in [0.15, 0.2) is 18.2 Å². The van der Waals surface area contributed by atoms with E-state index in [1.54, 1.807) is 0 Å². The maximum Gasteiger partial charge on any atom is 0.416 e. The Balaban J connectivity index is 2.34. The lowest BCUT2D eigenvalue weighted by Gasteiger charge is -2.11. The van der Waals surface area contributed by atoms with Gasteiger partial charge >= 0.3 is 6.18 Å². The topological polar surface area (TPSA) is 29.1 Å². The van der Waals surface area contributed by atoms with Crippen molar-refractivity contribution >= 4 is 11.5 Å². The van der Waals surface area contributed by atoms with Gasteiger partial charge in [0.2, 0.25) is 0 Å². The molecular formula is C12H12F3NO. The number of Topliss-reactive ketones (excluding diaryl/α,β-unsaturated/α-hetero) is 1. The molecule has 17 heavy (non-hydrogen) atoms. The number of ketones is 1. The van der Waals surface area contributed by atoms with Gasteiger partial charge in [0, 0.05) is 24.6 Å². The standard InChI is InChI=1S/C12H12F3NO/c1-7(17)4-8-6-16-11-3-2-9(5-10(8)11)12(13,14)15/h2-3,5,8,16H,4,6H2,1H3. The highest BCUT2D eigenvalue weighted by Crippen LogP contribution is 2.38. The largest absolute Gasteiger partial charge is 0.416 e. The summed E-state index contributed by atoms with van der Waals surface area (Å²) >= 11 is 0. The quantitative estimate of drug-likeness (QED) is 0.864. The highest BCUT2D eigenvalue weighted by atomic mass is 19.4. The molecule has 1 heterocycles. The average molecular weight is 243 g/mol. The number of anilines is 1. The van der Waals surface area contributed by atoms with Crippen molar-refractivity contribution < 1.29 is 18.0 Å². The Bertz CT molecular complexity index is 454. The number of carbonyl (C=O) groups excluding carboxylic acids is 1. The average Bonchev–Trinajstić information content (AvgIpc) is 2.59. The van der Waals surface area contributed by atoms with Gasteiger partial charge in [-0.15, -0.1) is 0 Å². The number of halogens is 3. The molecule has 0 amide bonds. The molecule has 1 N–H and O–H groups in total. The predicted octanol–water partition coefficient (Wildman–Crippen LogP) is 3.19. The van der Waals surface area contributed by atoms with Gasteiger partial charge in [-0.3, -0.25) is 0 Å². The van der Waals surface area contributed by atoms with E-state index in [4.69, 9.17) is 0 Å². The molecule has 1 aromatic rings. The fourth-order valence-electron chi connectivity index (χ4n) is 2.11. The Morgan fingerprint density at radius 2 is 2.18 bits per heavy atom. The first-order valence-corrected chi connectivity index (χ1v) is 5.32. The summed E-state index contributed by atoms with van der Waals surface area (Å²) in [7, 11) is 0. The van der Waals surface area contributed by atoms with Crippen LogP contribution in [0, 0.1) is 0 Å². The SMILES string of the molecule is CC(=O)CC1CNc2ccc(C(F)(F)F)cc21. The van der Waals surface area contributed by atoms with Crippen LogP contribution in [0.1, 0.15) is 30.4 Å². The lowest BCUT2D eigenvalue weighted by Crippen LogP contribution is -2.08. The number of hydrogen-bond donors (Lipinski definition) is 1. The number of carbonyl (C=O) groups is 1. The van der Waals surface area contributed by atoms with E-state index in [0.717, 1.165) is 12.1 Å². The minimum atomic E-state index is -4.33. The third kappa shape index (κ3) is 2.43. The highest BCUT2D eigenvalue weighted by Gasteiger charge is 2.33. The van der Waals surface area contributed by atoms with Gasteiger partial charge in [-0.25, -0.2) is 0 Å². The van der Waals surface area contributed by atoms with E-state index >= 15 is 0 Å². The number of fused-ring (bicyclic) bond motifs is 1. The molecule has 92 valence electrons. The summed E-state index contributed by atoms with van der Waals surface area (Å²) in [5.41, 5.74) is 0.632. The lowest BCUT2D eigenvalue weighted by atomic mass is 9.94. The molecule has 2 rings (SSSR count). The first kappa shape index (κ1) is 12.0. The van der Waals surface area contributed by atoms with Gasteiger partial charge in [0.1, 0.15) is 5.78 Å². The molecule has 1 aliphatic rings. The fraction of sp³-hybridized carbons (Fsp3) is 0.417. The summed E-state index contributed by atoms with van der Waals surface area (Å²) in [6, 6.07) is 3.63. The normalized spacial score (nSPS) is 18.7. The van der Waals surface area contributed by atoms with E-state index < -0.39 is 11.7 Å². The van der Waals surface area contributed by atoms with Crippen molar-refractivity contribution in [2.75, 3.05) is 11.9 Å². The molecular weight excluding hydrogens is 231 g/mol. The van der Waals surface area contributed by atoms with Crippen LogP contribution in [0.25, 0.3) is 0 Å². The van der Waals surface area contributed by atoms with Crippen LogP contribution in [0.5, 0.6) is 0 Å². The van der Waals surface area contributed by atoms with Crippen molar-refractivity contribution in [3.63, 3.8) is 0 Å². The fourth-order valence-corrected chi connectivity index (χ4v) is 2.11. The second kappa shape index (κ2) is 4.05. The molecule has 1 aromatic carbocycles. The molecule has 1 atom stereocenters. The lowest BCUT2D eigenvalue weighted by molar-refractivity contribution is -0.137. The summed E-state index contributed by atoms with van der Waals surface area (Å²) in [5.74, 6) is -0.160. The zero-order chi connectivity index (χ0) is 12.6. The van der Waals surface area contributed by atoms with Crippen molar-refractivity contribution in [2.45, 2.75) is 25.4 Å². The predicted molar refractivity (Wildman–Crippen MR) is 58.0 cm³/mol. The Hall–Kier alpha value is -1.52. The molecule has 0 bridgehead atoms. The molecule has 0 saturated heterocycles. The van der Waals surface area contributed by atoms with E-state index in [1.165, 1.54) is 13.0 Å². The molecule has 0 fully saturated rings. The van der Waals surface area contributed by atoms with Crippen LogP contribution in [-0.2, 0) is 11.0 Å². The van der Waals surface area contributed by atoms with Crippen molar-refractivity contribution in [1.82, 2.24) is 0 Å². The maximum absolute atomic E-state index is 12.6. The summed E-state index contributed by atoms with van der Waals surface area (Å²) in [5, 5.41) is 3.01. The number of alkyl halides is 3. The van der Waals surface area contributed by atoms with Crippen molar-refractivity contribution in [3.8, 4) is 0 Å². The number of hydrogen-bond acceptors (Lipinski definition) is 2. The van der Waals surface area contributed by atoms with Gasteiger partial charge in [-0.2, -0.15) is 13.2 Å². The number of rotatable bonds is 2. The van der Waals surface area contributed by atoms with E-state index in [2.05, 4.69) is 5.32 Å². The Morgan fingerprint density at radius 3 is 2.76 bits per heavy atom. The summed E-state index contributed by atoms with van der Waals surface area (Å²) in [4.78, 5) is 11.0. The van der Waals surface area contributed by atoms with Gasteiger partial charge in [0.15, 0.2) is 0 Å². The van der Waals surface area contributed by atoms with E-state index in [-0.39, 0.29) is 18.1 Å². The minimum absolute atomic E-state index is 0.0120. The Morgan fingerprint density at radius 1 is 1.47 bits per heavy atom. The third-order valence-electron chi connectivity index (χ3n) is 2.89. The molecule has 0 aromatic heterocycles. The summed E-state index contributed by atoms with van der Waals surface area (Å²) in [6.07, 6.45) is -4.06. The second-order valence-corrected chi connectivity index (χ2v) is 4.28. The molecule has 0 saturated carbocycles. The zero-order valence-electron chi connectivity index (χ0n) is 9.27. The smallest absolute Gasteiger partial charge is 0.384 e. The van der Waals surface area contributed by atoms with Gasteiger partial charge in [0.25, 0.3) is 0 Å². The summed E-state index contributed by atoms with van der Waals surface area (Å²) < 4.78 is 37.7. The van der Waals surface area contributed by atoms with Gasteiger partial charge in [-0.05, 0) is 30.7 Å². The molecule has 5 heteroatoms. The minimum Gasteiger partial charge on any atom is -0.384 e. The van der Waals surface area contributed by atoms with Crippen LogP contribution in [0.3, 0.4) is 0 Å². The van der Waals surface area contributed by atoms with Crippen LogP contribution in [-0.4, -0.2) is 12.3 Å². The van der Waals surface area contributed by atoms with E-state index in [0.29, 0.717) is 17.8 Å². The van der Waals surface area contributed by atoms with Crippen molar-refractivity contribution in [2.24, 2.45) is 0 Å². The molecule has 0 radical (unpaired) electrons. The van der Waals surface area contributed by atoms with Crippen LogP contribution >= 0.6 is 0 Å². The molecule has 2 nitrogen and oxygen atoms in total. The number of benzene rings is 1. The number of nitrogens with one attached hydrogen (secondary N) is 1. The summed E-state index contributed by atoms with van der Waals surface area (Å²) in [6.45, 7) is 1.97. The van der Waals surface area contributed by atoms with Crippen molar-refractivity contribution in [3.05, 3.63) is 29.3 Å². The zero-order valence-corrected chi connectivity index (χ0v) is 9.27. The second-order valence-electron chi connectivity index (χ2n) is 4.28. The van der Waals surface area contributed by atoms with Crippen LogP contribution in [0.4, 0.5) is 18.9 Å². The van der Waals surface area contributed by atoms with Crippen LogP contribution in [0.2, 0.25) is 0 Å². The highest BCUT2D eigenvalue weighted by molar-refractivity contribution is 5.77. The first-order chi connectivity index (χ1) is 7.88. The third-order valence-corrected chi connectivity index (χ3v) is 2.89. The van der Waals surface area contributed by atoms with Gasteiger partial charge in [-0.1, -0.05) is 0 Å². The van der Waals surface area contributed by atoms with E-state index in [1.807, 2.05) is 0 Å². The Kier molecular flexibility index (Phi) is 2.85. The van der Waals surface area contributed by atoms with Gasteiger partial charge < -0.3 is 10.1 Å². The first-order valence-electron chi connectivity index (χ1n) is 5.32. The molecule has 0 spiro atoms. The maximum atomic E-state index is 12.6. The Labute approximate surface area is 96.8 Å². The monoisotopic (exact) mass is 243 g/mol. The molecule has 1 unspecified atom stereocenters. The van der Waals surface area contributed by atoms with Crippen LogP contribution < -0.4 is 5.32 Å². The molecule has 1 aliphatic heterocycles. The van der Waals surface area contributed by atoms with Gasteiger partial charge in [0.05, 0.1) is 5.56 Å².